The molecule has 0 atom stereocenters. The van der Waals surface area contributed by atoms with Crippen LogP contribution in [0.4, 0.5) is 10.1 Å². The molecule has 1 fully saturated rings. The molecule has 5 rings (SSSR count). The van der Waals surface area contributed by atoms with Gasteiger partial charge in [-0.2, -0.15) is 4.31 Å². The van der Waals surface area contributed by atoms with Crippen LogP contribution in [0.5, 0.6) is 0 Å². The molecule has 1 saturated heterocycles. The lowest BCUT2D eigenvalue weighted by Gasteiger charge is -2.16. The minimum absolute atomic E-state index is 0. The van der Waals surface area contributed by atoms with Gasteiger partial charge in [-0.25, -0.2) is 17.8 Å². The number of aryl methyl sites for hydroxylation is 1. The van der Waals surface area contributed by atoms with Gasteiger partial charge in [-0.1, -0.05) is 42.5 Å². The molecule has 1 aliphatic heterocycles. The van der Waals surface area contributed by atoms with E-state index >= 15 is 0 Å². The predicted molar refractivity (Wildman–Crippen MR) is 148 cm³/mol. The van der Waals surface area contributed by atoms with E-state index in [0.717, 1.165) is 35.3 Å². The van der Waals surface area contributed by atoms with E-state index < -0.39 is 10.0 Å². The Balaban J connectivity index is 0.00000304. The second-order valence-electron chi connectivity index (χ2n) is 8.51. The predicted octanol–water partition coefficient (Wildman–Crippen LogP) is 6.19. The Morgan fingerprint density at radius 2 is 1.56 bits per heavy atom. The maximum Gasteiger partial charge on any atom is 0.243 e. The van der Waals surface area contributed by atoms with E-state index in [-0.39, 0.29) is 22.8 Å². The fourth-order valence-corrected chi connectivity index (χ4v) is 6.72. The molecular weight excluding hydrogens is 561 g/mol. The summed E-state index contributed by atoms with van der Waals surface area (Å²) in [5.74, 6) is -0.295. The van der Waals surface area contributed by atoms with Gasteiger partial charge < -0.3 is 4.57 Å². The Morgan fingerprint density at radius 1 is 0.889 bits per heavy atom. The van der Waals surface area contributed by atoms with Gasteiger partial charge in [-0.15, -0.1) is 28.3 Å². The van der Waals surface area contributed by atoms with Crippen LogP contribution in [0, 0.1) is 5.82 Å². The molecule has 9 heteroatoms. The first-order chi connectivity index (χ1) is 17.0. The zero-order chi connectivity index (χ0) is 24.3. The number of halogens is 2. The summed E-state index contributed by atoms with van der Waals surface area (Å²) in [7, 11) is -3.45. The molecule has 0 aliphatic carbocycles. The molecule has 0 spiro atoms. The number of rotatable bonds is 7. The molecule has 2 heterocycles. The van der Waals surface area contributed by atoms with Gasteiger partial charge in [0.15, 0.2) is 4.80 Å². The van der Waals surface area contributed by atoms with Gasteiger partial charge in [0, 0.05) is 25.0 Å². The Labute approximate surface area is 225 Å². The van der Waals surface area contributed by atoms with Crippen LogP contribution in [0.15, 0.2) is 94.1 Å². The molecule has 3 aromatic carbocycles. The highest BCUT2D eigenvalue weighted by Gasteiger charge is 2.27. The van der Waals surface area contributed by atoms with Crippen LogP contribution in [0.25, 0.3) is 11.3 Å². The Morgan fingerprint density at radius 3 is 2.22 bits per heavy atom. The highest BCUT2D eigenvalue weighted by atomic mass is 79.9. The standard InChI is InChI=1S/C27H26FN3O2S2.BrH/c28-23-10-12-24(13-11-23)29-27-31(19-16-21-6-2-1-3-7-21)26(20-34-27)22-8-14-25(15-9-22)35(32,33)30-17-4-5-18-30;/h1-3,6-15,20H,4-5,16-19H2;1H. The summed E-state index contributed by atoms with van der Waals surface area (Å²) in [6, 6.07) is 23.5. The molecule has 0 amide bonds. The Hall–Kier alpha value is -2.59. The van der Waals surface area contributed by atoms with Gasteiger partial charge in [-0.3, -0.25) is 0 Å². The van der Waals surface area contributed by atoms with Gasteiger partial charge in [0.2, 0.25) is 10.0 Å². The maximum absolute atomic E-state index is 13.4. The Bertz CT molecular complexity index is 1460. The quantitative estimate of drug-likeness (QED) is 0.259. The smallest absolute Gasteiger partial charge is 0.243 e. The monoisotopic (exact) mass is 587 g/mol. The van der Waals surface area contributed by atoms with Crippen molar-refractivity contribution in [2.75, 3.05) is 13.1 Å². The fourth-order valence-electron chi connectivity index (χ4n) is 4.25. The lowest BCUT2D eigenvalue weighted by atomic mass is 10.1. The third-order valence-electron chi connectivity index (χ3n) is 6.17. The highest BCUT2D eigenvalue weighted by molar-refractivity contribution is 8.93. The number of nitrogens with zero attached hydrogens (tertiary/aromatic N) is 3. The summed E-state index contributed by atoms with van der Waals surface area (Å²) in [4.78, 5) is 5.89. The lowest BCUT2D eigenvalue weighted by molar-refractivity contribution is 0.477. The molecule has 1 aromatic heterocycles. The molecular formula is C27H27BrFN3O2S2. The van der Waals surface area contributed by atoms with Crippen molar-refractivity contribution >= 4 is 44.0 Å². The van der Waals surface area contributed by atoms with Gasteiger partial charge in [-0.05, 0) is 66.8 Å². The summed E-state index contributed by atoms with van der Waals surface area (Å²) < 4.78 is 42.9. The second-order valence-corrected chi connectivity index (χ2v) is 11.3. The van der Waals surface area contributed by atoms with Crippen LogP contribution in [0.3, 0.4) is 0 Å². The molecule has 36 heavy (non-hydrogen) atoms. The van der Waals surface area contributed by atoms with Gasteiger partial charge in [0.05, 0.1) is 16.3 Å². The number of sulfonamides is 1. The summed E-state index contributed by atoms with van der Waals surface area (Å²) in [5.41, 5.74) is 3.80. The molecule has 5 nitrogen and oxygen atoms in total. The fraction of sp³-hybridized carbons (Fsp3) is 0.222. The SMILES string of the molecule is Br.O=S(=O)(c1ccc(-c2csc(=Nc3ccc(F)cc3)n2CCc2ccccc2)cc1)N1CCCC1. The van der Waals surface area contributed by atoms with Crippen molar-refractivity contribution in [1.82, 2.24) is 8.87 Å². The van der Waals surface area contributed by atoms with Crippen LogP contribution in [0.1, 0.15) is 18.4 Å². The summed E-state index contributed by atoms with van der Waals surface area (Å²) in [6.45, 7) is 1.88. The van der Waals surface area contributed by atoms with Crippen LogP contribution < -0.4 is 4.80 Å². The first kappa shape index (κ1) is 26.5. The zero-order valence-electron chi connectivity index (χ0n) is 19.6. The number of aromatic nitrogens is 1. The van der Waals surface area contributed by atoms with E-state index in [2.05, 4.69) is 16.7 Å². The largest absolute Gasteiger partial charge is 0.316 e. The summed E-state index contributed by atoms with van der Waals surface area (Å²) >= 11 is 1.51. The van der Waals surface area contributed by atoms with E-state index in [4.69, 9.17) is 4.99 Å². The molecule has 188 valence electrons. The first-order valence-corrected chi connectivity index (χ1v) is 14.0. The van der Waals surface area contributed by atoms with Crippen molar-refractivity contribution in [3.8, 4) is 11.3 Å². The molecule has 0 bridgehead atoms. The third-order valence-corrected chi connectivity index (χ3v) is 8.95. The molecule has 0 unspecified atom stereocenters. The number of hydrogen-bond donors (Lipinski definition) is 0. The van der Waals surface area contributed by atoms with E-state index in [1.54, 1.807) is 28.6 Å². The van der Waals surface area contributed by atoms with Crippen molar-refractivity contribution in [2.24, 2.45) is 4.99 Å². The first-order valence-electron chi connectivity index (χ1n) is 11.6. The van der Waals surface area contributed by atoms with Crippen molar-refractivity contribution in [3.63, 3.8) is 0 Å². The van der Waals surface area contributed by atoms with Crippen LogP contribution >= 0.6 is 28.3 Å². The van der Waals surface area contributed by atoms with Crippen molar-refractivity contribution in [1.29, 1.82) is 0 Å². The number of benzene rings is 3. The van der Waals surface area contributed by atoms with Gasteiger partial charge in [0.25, 0.3) is 0 Å². The zero-order valence-corrected chi connectivity index (χ0v) is 22.9. The maximum atomic E-state index is 13.4. The molecule has 0 radical (unpaired) electrons. The minimum atomic E-state index is -3.45. The van der Waals surface area contributed by atoms with Crippen molar-refractivity contribution in [2.45, 2.75) is 30.7 Å². The van der Waals surface area contributed by atoms with E-state index in [0.29, 0.717) is 30.2 Å². The second kappa shape index (κ2) is 11.6. The van der Waals surface area contributed by atoms with Gasteiger partial charge in [0.1, 0.15) is 5.82 Å². The van der Waals surface area contributed by atoms with Gasteiger partial charge >= 0.3 is 0 Å². The summed E-state index contributed by atoms with van der Waals surface area (Å²) in [6.07, 6.45) is 2.64. The van der Waals surface area contributed by atoms with Crippen LogP contribution in [0.2, 0.25) is 0 Å². The molecule has 0 N–H and O–H groups in total. The minimum Gasteiger partial charge on any atom is -0.316 e. The van der Waals surface area contributed by atoms with Crippen LogP contribution in [-0.2, 0) is 23.0 Å². The Kier molecular flexibility index (Phi) is 8.56. The molecule has 1 aliphatic rings. The normalized spacial score (nSPS) is 14.6. The van der Waals surface area contributed by atoms with Crippen LogP contribution in [-0.4, -0.2) is 30.4 Å². The topological polar surface area (TPSA) is 54.7 Å². The highest BCUT2D eigenvalue weighted by Crippen LogP contribution is 2.26. The van der Waals surface area contributed by atoms with E-state index in [9.17, 15) is 12.8 Å². The van der Waals surface area contributed by atoms with E-state index in [1.165, 1.54) is 29.0 Å². The third kappa shape index (κ3) is 5.86. The molecule has 0 saturated carbocycles. The molecule has 4 aromatic rings. The number of hydrogen-bond acceptors (Lipinski definition) is 4. The number of thiazole rings is 1. The summed E-state index contributed by atoms with van der Waals surface area (Å²) in [5, 5.41) is 2.04. The van der Waals surface area contributed by atoms with Crippen molar-refractivity contribution < 1.29 is 12.8 Å². The lowest BCUT2D eigenvalue weighted by Crippen LogP contribution is -2.27. The average Bonchev–Trinajstić information content (AvgIpc) is 3.56. The van der Waals surface area contributed by atoms with Crippen molar-refractivity contribution in [3.05, 3.63) is 100 Å². The van der Waals surface area contributed by atoms with E-state index in [1.807, 2.05) is 35.7 Å². The average molecular weight is 589 g/mol.